The minimum Gasteiger partial charge on any atom is -0.386 e. The van der Waals surface area contributed by atoms with Crippen LogP contribution in [0.2, 0.25) is 0 Å². The molecule has 3 heteroatoms. The summed E-state index contributed by atoms with van der Waals surface area (Å²) in [5.41, 5.74) is 1.83. The molecule has 0 amide bonds. The third-order valence-corrected chi connectivity index (χ3v) is 3.92. The molecule has 0 fully saturated rings. The van der Waals surface area contributed by atoms with E-state index in [1.807, 2.05) is 43.3 Å². The summed E-state index contributed by atoms with van der Waals surface area (Å²) in [6.45, 7) is 1.89. The lowest BCUT2D eigenvalue weighted by molar-refractivity contribution is 0.0391. The highest BCUT2D eigenvalue weighted by atomic mass is 16.6. The minimum atomic E-state index is -0.567. The van der Waals surface area contributed by atoms with Crippen LogP contribution >= 0.6 is 0 Å². The molecule has 0 bridgehead atoms. The summed E-state index contributed by atoms with van der Waals surface area (Å²) < 4.78 is 4.85. The van der Waals surface area contributed by atoms with Gasteiger partial charge >= 0.3 is 11.9 Å². The van der Waals surface area contributed by atoms with Crippen molar-refractivity contribution < 1.29 is 14.3 Å². The molecule has 20 heavy (non-hydrogen) atoms. The average molecular weight is 262 g/mol. The summed E-state index contributed by atoms with van der Waals surface area (Å²) in [4.78, 5) is 24.0. The van der Waals surface area contributed by atoms with E-state index in [0.717, 1.165) is 21.7 Å². The maximum atomic E-state index is 12.1. The number of ether oxygens (including phenoxy) is 1. The first kappa shape index (κ1) is 11.2. The van der Waals surface area contributed by atoms with Gasteiger partial charge in [0, 0.05) is 5.39 Å². The van der Waals surface area contributed by atoms with Crippen LogP contribution in [0.1, 0.15) is 26.3 Å². The number of rotatable bonds is 0. The number of benzene rings is 3. The predicted octanol–water partition coefficient (Wildman–Crippen LogP) is 3.61. The number of esters is 2. The molecule has 0 aromatic heterocycles. The van der Waals surface area contributed by atoms with Crippen molar-refractivity contribution in [2.75, 3.05) is 0 Å². The van der Waals surface area contributed by atoms with E-state index in [9.17, 15) is 9.59 Å². The molecule has 0 aliphatic carbocycles. The Morgan fingerprint density at radius 3 is 2.30 bits per heavy atom. The Hall–Kier alpha value is -2.68. The highest BCUT2D eigenvalue weighted by molar-refractivity contribution is 6.27. The first-order valence-corrected chi connectivity index (χ1v) is 6.39. The average Bonchev–Trinajstić information content (AvgIpc) is 2.46. The number of hydrogen-bond donors (Lipinski definition) is 0. The second-order valence-electron chi connectivity index (χ2n) is 4.95. The van der Waals surface area contributed by atoms with Gasteiger partial charge in [0.05, 0.1) is 11.1 Å². The zero-order valence-corrected chi connectivity index (χ0v) is 10.8. The molecule has 0 radical (unpaired) electrons. The molecule has 1 aliphatic rings. The van der Waals surface area contributed by atoms with Crippen molar-refractivity contribution in [3.8, 4) is 0 Å². The lowest BCUT2D eigenvalue weighted by Crippen LogP contribution is -2.20. The Labute approximate surface area is 114 Å². The van der Waals surface area contributed by atoms with Crippen LogP contribution in [0.5, 0.6) is 0 Å². The van der Waals surface area contributed by atoms with Gasteiger partial charge in [-0.2, -0.15) is 0 Å². The Balaban J connectivity index is 2.39. The van der Waals surface area contributed by atoms with Crippen LogP contribution in [0.15, 0.2) is 42.5 Å². The Kier molecular flexibility index (Phi) is 2.05. The third-order valence-electron chi connectivity index (χ3n) is 3.92. The van der Waals surface area contributed by atoms with E-state index in [-0.39, 0.29) is 0 Å². The van der Waals surface area contributed by atoms with Crippen LogP contribution in [0.3, 0.4) is 0 Å². The summed E-state index contributed by atoms with van der Waals surface area (Å²) in [5.74, 6) is -1.12. The fourth-order valence-corrected chi connectivity index (χ4v) is 3.03. The van der Waals surface area contributed by atoms with Gasteiger partial charge in [0.15, 0.2) is 0 Å². The normalized spacial score (nSPS) is 13.8. The van der Waals surface area contributed by atoms with E-state index >= 15 is 0 Å². The fraction of sp³-hybridized carbons (Fsp3) is 0.0588. The van der Waals surface area contributed by atoms with Crippen molar-refractivity contribution in [3.63, 3.8) is 0 Å². The maximum Gasteiger partial charge on any atom is 0.346 e. The summed E-state index contributed by atoms with van der Waals surface area (Å²) in [6.07, 6.45) is 0. The zero-order valence-electron chi connectivity index (χ0n) is 10.8. The molecule has 0 spiro atoms. The molecule has 4 rings (SSSR count). The van der Waals surface area contributed by atoms with E-state index in [1.165, 1.54) is 0 Å². The number of carbonyl (C=O) groups excluding carboxylic acids is 2. The van der Waals surface area contributed by atoms with Crippen LogP contribution in [-0.2, 0) is 4.74 Å². The van der Waals surface area contributed by atoms with Crippen LogP contribution in [0.25, 0.3) is 21.5 Å². The van der Waals surface area contributed by atoms with E-state index in [0.29, 0.717) is 16.5 Å². The first-order chi connectivity index (χ1) is 9.68. The Morgan fingerprint density at radius 1 is 0.800 bits per heavy atom. The molecule has 0 saturated carbocycles. The third kappa shape index (κ3) is 1.24. The largest absolute Gasteiger partial charge is 0.386 e. The predicted molar refractivity (Wildman–Crippen MR) is 75.9 cm³/mol. The van der Waals surface area contributed by atoms with Crippen molar-refractivity contribution in [2.45, 2.75) is 6.92 Å². The number of carbonyl (C=O) groups is 2. The maximum absolute atomic E-state index is 12.1. The van der Waals surface area contributed by atoms with Crippen LogP contribution in [0, 0.1) is 6.92 Å². The van der Waals surface area contributed by atoms with E-state index in [1.54, 1.807) is 6.07 Å². The van der Waals surface area contributed by atoms with Crippen LogP contribution < -0.4 is 0 Å². The van der Waals surface area contributed by atoms with Gasteiger partial charge < -0.3 is 4.74 Å². The van der Waals surface area contributed by atoms with Gasteiger partial charge in [0.1, 0.15) is 0 Å². The van der Waals surface area contributed by atoms with Crippen LogP contribution in [-0.4, -0.2) is 11.9 Å². The molecule has 96 valence electrons. The lowest BCUT2D eigenvalue weighted by atomic mass is 9.89. The molecule has 0 N–H and O–H groups in total. The topological polar surface area (TPSA) is 43.4 Å². The van der Waals surface area contributed by atoms with Gasteiger partial charge in [-0.3, -0.25) is 0 Å². The first-order valence-electron chi connectivity index (χ1n) is 6.39. The molecule has 3 aromatic carbocycles. The summed E-state index contributed by atoms with van der Waals surface area (Å²) >= 11 is 0. The van der Waals surface area contributed by atoms with Gasteiger partial charge in [-0.1, -0.05) is 36.4 Å². The van der Waals surface area contributed by atoms with Crippen molar-refractivity contribution in [3.05, 3.63) is 59.2 Å². The summed E-state index contributed by atoms with van der Waals surface area (Å²) in [7, 11) is 0. The standard InChI is InChI=1S/C17H10O3/c1-9-10-5-2-3-6-11(10)12-7-4-8-13-15(12)14(9)17(19)20-16(13)18/h2-8H,1H3. The number of hydrogen-bond acceptors (Lipinski definition) is 3. The SMILES string of the molecule is Cc1c2c3c(cccc3c3ccccc13)C(=O)OC2=O. The number of fused-ring (bicyclic) bond motifs is 2. The summed E-state index contributed by atoms with van der Waals surface area (Å²) in [5, 5.41) is 3.69. The van der Waals surface area contributed by atoms with Crippen molar-refractivity contribution in [1.82, 2.24) is 0 Å². The number of aryl methyl sites for hydroxylation is 1. The van der Waals surface area contributed by atoms with E-state index in [4.69, 9.17) is 4.74 Å². The minimum absolute atomic E-state index is 0.464. The van der Waals surface area contributed by atoms with Crippen molar-refractivity contribution in [2.24, 2.45) is 0 Å². The molecule has 3 nitrogen and oxygen atoms in total. The van der Waals surface area contributed by atoms with E-state index < -0.39 is 11.9 Å². The molecular formula is C17H10O3. The molecule has 3 aromatic rings. The monoisotopic (exact) mass is 262 g/mol. The van der Waals surface area contributed by atoms with Crippen molar-refractivity contribution in [1.29, 1.82) is 0 Å². The smallest absolute Gasteiger partial charge is 0.346 e. The fourth-order valence-electron chi connectivity index (χ4n) is 3.03. The van der Waals surface area contributed by atoms with E-state index in [2.05, 4.69) is 0 Å². The zero-order chi connectivity index (χ0) is 13.9. The summed E-state index contributed by atoms with van der Waals surface area (Å²) in [6, 6.07) is 13.4. The molecular weight excluding hydrogens is 252 g/mol. The molecule has 0 atom stereocenters. The molecule has 0 unspecified atom stereocenters. The second kappa shape index (κ2) is 3.67. The van der Waals surface area contributed by atoms with Crippen LogP contribution in [0.4, 0.5) is 0 Å². The second-order valence-corrected chi connectivity index (χ2v) is 4.95. The highest BCUT2D eigenvalue weighted by Gasteiger charge is 2.29. The Bertz CT molecular complexity index is 922. The quantitative estimate of drug-likeness (QED) is 0.353. The molecule has 0 saturated heterocycles. The van der Waals surface area contributed by atoms with Gasteiger partial charge in [0.2, 0.25) is 0 Å². The highest BCUT2D eigenvalue weighted by Crippen LogP contribution is 2.37. The number of cyclic esters (lactones) is 2. The van der Waals surface area contributed by atoms with Gasteiger partial charge in [-0.05, 0) is 34.7 Å². The Morgan fingerprint density at radius 2 is 1.50 bits per heavy atom. The van der Waals surface area contributed by atoms with Gasteiger partial charge in [0.25, 0.3) is 0 Å². The van der Waals surface area contributed by atoms with Crippen molar-refractivity contribution >= 4 is 33.5 Å². The van der Waals surface area contributed by atoms with Gasteiger partial charge in [-0.15, -0.1) is 0 Å². The van der Waals surface area contributed by atoms with Gasteiger partial charge in [-0.25, -0.2) is 9.59 Å². The molecule has 1 aliphatic heterocycles. The lowest BCUT2D eigenvalue weighted by Gasteiger charge is -2.19. The molecule has 1 heterocycles.